The van der Waals surface area contributed by atoms with Crippen molar-refractivity contribution in [1.29, 1.82) is 0 Å². The fraction of sp³-hybridized carbons (Fsp3) is 1.00. The molecule has 0 aromatic heterocycles. The van der Waals surface area contributed by atoms with Crippen LogP contribution in [-0.2, 0) is 10.1 Å². The van der Waals surface area contributed by atoms with Gasteiger partial charge in [-0.3, -0.25) is 0 Å². The molecule has 0 heterocycles. The summed E-state index contributed by atoms with van der Waals surface area (Å²) in [5.41, 5.74) is 0. The molecule has 0 saturated heterocycles. The van der Waals surface area contributed by atoms with Gasteiger partial charge in [0.2, 0.25) is 0 Å². The van der Waals surface area contributed by atoms with E-state index in [2.05, 4.69) is 0 Å². The summed E-state index contributed by atoms with van der Waals surface area (Å²) < 4.78 is 221. The maximum Gasteiger partial charge on any atom is 1.00 e. The van der Waals surface area contributed by atoms with Gasteiger partial charge in [-0.2, -0.15) is 65.9 Å². The molecule has 0 aliphatic carbocycles. The van der Waals surface area contributed by atoms with Crippen molar-refractivity contribution < 1.29 is 97.7 Å². The Labute approximate surface area is 162 Å². The molecule has 0 amide bonds. The fourth-order valence-electron chi connectivity index (χ4n) is 1.42. The van der Waals surface area contributed by atoms with Crippen molar-refractivity contribution in [1.82, 2.24) is 0 Å². The van der Waals surface area contributed by atoms with E-state index in [1.54, 1.807) is 0 Å². The third-order valence-corrected chi connectivity index (χ3v) is 3.93. The van der Waals surface area contributed by atoms with Gasteiger partial charge >= 0.3 is 59.9 Å². The second kappa shape index (κ2) is 7.86. The summed E-state index contributed by atoms with van der Waals surface area (Å²) in [7, 11) is -7.94. The van der Waals surface area contributed by atoms with Gasteiger partial charge in [0.1, 0.15) is 0 Å². The van der Waals surface area contributed by atoms with Crippen molar-refractivity contribution >= 4 is 10.1 Å². The fourth-order valence-corrected chi connectivity index (χ4v) is 1.86. The first-order chi connectivity index (χ1) is 11.7. The van der Waals surface area contributed by atoms with Crippen LogP contribution in [0.3, 0.4) is 0 Å². The minimum absolute atomic E-state index is 0. The zero-order valence-corrected chi connectivity index (χ0v) is 14.0. The first kappa shape index (κ1) is 30.6. The summed E-state index contributed by atoms with van der Waals surface area (Å²) in [5.74, 6) is -39.5. The molecule has 0 rings (SSSR count). The molecule has 0 fully saturated rings. The Hall–Kier alpha value is -0.543. The van der Waals surface area contributed by atoms with Crippen molar-refractivity contribution in [3.63, 3.8) is 0 Å². The van der Waals surface area contributed by atoms with Crippen molar-refractivity contribution in [3.8, 4) is 0 Å². The van der Waals surface area contributed by atoms with Gasteiger partial charge in [-0.05, 0) is 0 Å². The Balaban J connectivity index is 0. The molecule has 0 aliphatic rings. The molecule has 0 bridgehead atoms. The molecule has 29 heavy (non-hydrogen) atoms. The molecule has 0 aromatic carbocycles. The summed E-state index contributed by atoms with van der Waals surface area (Å²) in [6.07, 6.45) is -12.1. The normalized spacial score (nSPS) is 15.9. The van der Waals surface area contributed by atoms with Crippen LogP contribution in [0.25, 0.3) is 0 Å². The second-order valence-electron chi connectivity index (χ2n) is 5.09. The van der Waals surface area contributed by atoms with Crippen LogP contribution >= 0.6 is 0 Å². The van der Waals surface area contributed by atoms with Gasteiger partial charge in [0.05, 0.1) is 0 Å². The predicted octanol–water partition coefficient (Wildman–Crippen LogP) is 1.65. The van der Waals surface area contributed by atoms with E-state index in [-0.39, 0.29) is 18.9 Å². The van der Waals surface area contributed by atoms with Gasteiger partial charge in [-0.25, -0.2) is 8.42 Å². The van der Waals surface area contributed by atoms with Crippen LogP contribution in [0, 0.1) is 0 Å². The average Bonchev–Trinajstić information content (AvgIpc) is 2.42. The molecule has 0 spiro atoms. The van der Waals surface area contributed by atoms with Gasteiger partial charge in [0, 0.05) is 12.8 Å². The second-order valence-corrected chi connectivity index (χ2v) is 6.51. The summed E-state index contributed by atoms with van der Waals surface area (Å²) >= 11 is 0. The largest absolute Gasteiger partial charge is 1.00 e. The van der Waals surface area contributed by atoms with Crippen molar-refractivity contribution in [2.75, 3.05) is 0 Å². The Bertz CT molecular complexity index is 684. The number of alkyl halides is 15. The van der Waals surface area contributed by atoms with Crippen LogP contribution in [0.5, 0.6) is 0 Å². The molecule has 3 nitrogen and oxygen atoms in total. The van der Waals surface area contributed by atoms with Gasteiger partial charge in [-0.15, -0.1) is 0 Å². The number of halogens is 15. The first-order valence-electron chi connectivity index (χ1n) is 6.00. The summed E-state index contributed by atoms with van der Waals surface area (Å²) in [4.78, 5) is 0. The molecule has 170 valence electrons. The van der Waals surface area contributed by atoms with E-state index in [0.717, 1.165) is 0 Å². The number of rotatable bonds is 8. The Kier molecular flexibility index (Phi) is 8.30. The molecule has 0 aromatic rings. The zero-order chi connectivity index (χ0) is 23.4. The zero-order valence-electron chi connectivity index (χ0n) is 13.2. The van der Waals surface area contributed by atoms with Crippen molar-refractivity contribution in [2.24, 2.45) is 0 Å². The molecule has 0 radical (unpaired) electrons. The van der Waals surface area contributed by atoms with E-state index in [4.69, 9.17) is 0 Å². The van der Waals surface area contributed by atoms with Crippen LogP contribution < -0.4 is 18.9 Å². The standard InChI is InChI=1S/C9H5F15O3S.Li/c10-3(11,1-2-4(12,13)14)5(15,16)6(17,18)7(19,20)8(21,22)9(23,24)28(25,26)27;/h1-2H2,(H,25,26,27);/q;+1/p-1. The minimum Gasteiger partial charge on any atom is -0.743 e. The van der Waals surface area contributed by atoms with Gasteiger partial charge in [-0.1, -0.05) is 0 Å². The molecule has 20 heteroatoms. The summed E-state index contributed by atoms with van der Waals surface area (Å²) in [5, 5.41) is -7.70. The van der Waals surface area contributed by atoms with Crippen LogP contribution in [-0.4, -0.2) is 54.0 Å². The smallest absolute Gasteiger partial charge is 0.743 e. The molecular formula is C9H4F15LiO3S. The van der Waals surface area contributed by atoms with Crippen LogP contribution in [0.15, 0.2) is 0 Å². The molecule has 0 aliphatic heterocycles. The Morgan fingerprint density at radius 3 is 1.14 bits per heavy atom. The first-order valence-corrected chi connectivity index (χ1v) is 7.40. The number of hydrogen-bond donors (Lipinski definition) is 0. The molecule has 0 N–H and O–H groups in total. The molecule has 0 atom stereocenters. The summed E-state index contributed by atoms with van der Waals surface area (Å²) in [6.45, 7) is 0. The van der Waals surface area contributed by atoms with Gasteiger partial charge < -0.3 is 4.55 Å². The Morgan fingerprint density at radius 1 is 0.552 bits per heavy atom. The van der Waals surface area contributed by atoms with E-state index in [1.807, 2.05) is 0 Å². The van der Waals surface area contributed by atoms with E-state index in [9.17, 15) is 78.8 Å². The summed E-state index contributed by atoms with van der Waals surface area (Å²) in [6, 6.07) is 0. The van der Waals surface area contributed by atoms with Crippen LogP contribution in [0.2, 0.25) is 0 Å². The van der Waals surface area contributed by atoms with E-state index < -0.39 is 64.0 Å². The van der Waals surface area contributed by atoms with Crippen LogP contribution in [0.4, 0.5) is 65.9 Å². The van der Waals surface area contributed by atoms with Crippen LogP contribution in [0.1, 0.15) is 12.8 Å². The number of hydrogen-bond acceptors (Lipinski definition) is 3. The minimum atomic E-state index is -8.36. The third-order valence-electron chi connectivity index (χ3n) is 3.04. The monoisotopic (exact) mass is 484 g/mol. The van der Waals surface area contributed by atoms with Gasteiger partial charge in [0.25, 0.3) is 0 Å². The maximum absolute atomic E-state index is 13.1. The molecular weight excluding hydrogens is 480 g/mol. The van der Waals surface area contributed by atoms with E-state index in [0.29, 0.717) is 0 Å². The van der Waals surface area contributed by atoms with Crippen molar-refractivity contribution in [2.45, 2.75) is 53.9 Å². The van der Waals surface area contributed by atoms with E-state index in [1.165, 1.54) is 0 Å². The Morgan fingerprint density at radius 2 is 0.862 bits per heavy atom. The maximum atomic E-state index is 13.1. The molecule has 0 saturated carbocycles. The van der Waals surface area contributed by atoms with E-state index >= 15 is 0 Å². The topological polar surface area (TPSA) is 57.2 Å². The molecule has 0 unspecified atom stereocenters. The predicted molar refractivity (Wildman–Crippen MR) is 54.7 cm³/mol. The average molecular weight is 484 g/mol. The van der Waals surface area contributed by atoms with Gasteiger partial charge in [0.15, 0.2) is 10.1 Å². The third kappa shape index (κ3) is 4.87. The quantitative estimate of drug-likeness (QED) is 0.299. The van der Waals surface area contributed by atoms with Crippen molar-refractivity contribution in [3.05, 3.63) is 0 Å². The SMILES string of the molecule is O=S(=O)([O-])C(F)(F)C(F)(F)C(F)(F)C(F)(F)C(F)(F)C(F)(F)CCC(F)(F)F.[Li+].